The highest BCUT2D eigenvalue weighted by molar-refractivity contribution is 7.98. The van der Waals surface area contributed by atoms with E-state index in [1.54, 1.807) is 37.4 Å². The van der Waals surface area contributed by atoms with Crippen LogP contribution in [-0.2, 0) is 20.7 Å². The van der Waals surface area contributed by atoms with Crippen molar-refractivity contribution in [1.29, 1.82) is 0 Å². The second-order valence-corrected chi connectivity index (χ2v) is 12.4. The molecule has 226 valence electrons. The van der Waals surface area contributed by atoms with E-state index in [9.17, 15) is 14.4 Å². The Morgan fingerprint density at radius 3 is 2.24 bits per heavy atom. The predicted octanol–water partition coefficient (Wildman–Crippen LogP) is 7.29. The van der Waals surface area contributed by atoms with Gasteiger partial charge in [-0.15, -0.1) is 0 Å². The standard InChI is InChI=1S/C33H49N3O4S/c1-8-10-11-14-22-36(31(38)28(21-23-41-7)35-32(39)40-33(4,5)6)29(26-19-17-25(9-2)18-20-26)30(37)34-27-16-13-12-15-24(27)3/h12-13,15-20,28-29H,8-11,14,21-23H2,1-7H3,(H,34,37)(H,35,39). The first-order valence-corrected chi connectivity index (χ1v) is 16.1. The second-order valence-electron chi connectivity index (χ2n) is 11.4. The van der Waals surface area contributed by atoms with Crippen LogP contribution in [0.4, 0.5) is 10.5 Å². The third-order valence-corrected chi connectivity index (χ3v) is 7.45. The van der Waals surface area contributed by atoms with E-state index in [2.05, 4.69) is 24.5 Å². The Morgan fingerprint density at radius 2 is 1.66 bits per heavy atom. The van der Waals surface area contributed by atoms with Crippen molar-refractivity contribution >= 4 is 35.4 Å². The van der Waals surface area contributed by atoms with Gasteiger partial charge < -0.3 is 20.3 Å². The quantitative estimate of drug-likeness (QED) is 0.215. The zero-order valence-electron chi connectivity index (χ0n) is 25.9. The highest BCUT2D eigenvalue weighted by Crippen LogP contribution is 2.27. The minimum atomic E-state index is -0.869. The van der Waals surface area contributed by atoms with Gasteiger partial charge >= 0.3 is 6.09 Å². The molecule has 41 heavy (non-hydrogen) atoms. The fourth-order valence-electron chi connectivity index (χ4n) is 4.54. The van der Waals surface area contributed by atoms with Crippen LogP contribution in [0.15, 0.2) is 48.5 Å². The molecule has 0 spiro atoms. The minimum Gasteiger partial charge on any atom is -0.444 e. The van der Waals surface area contributed by atoms with Gasteiger partial charge in [-0.3, -0.25) is 9.59 Å². The van der Waals surface area contributed by atoms with Gasteiger partial charge in [-0.2, -0.15) is 11.8 Å². The molecule has 2 atom stereocenters. The van der Waals surface area contributed by atoms with Gasteiger partial charge in [0.1, 0.15) is 17.7 Å². The maximum atomic E-state index is 14.3. The molecule has 0 aliphatic carbocycles. The number of aryl methyl sites for hydroxylation is 2. The van der Waals surface area contributed by atoms with Gasteiger partial charge in [-0.05, 0) is 81.7 Å². The summed E-state index contributed by atoms with van der Waals surface area (Å²) in [5.41, 5.74) is 2.83. The fraction of sp³-hybridized carbons (Fsp3) is 0.545. The summed E-state index contributed by atoms with van der Waals surface area (Å²) in [6.45, 7) is 11.9. The molecule has 2 unspecified atom stereocenters. The molecule has 0 bridgehead atoms. The van der Waals surface area contributed by atoms with Crippen molar-refractivity contribution in [3.63, 3.8) is 0 Å². The number of rotatable bonds is 15. The Balaban J connectivity index is 2.54. The molecule has 2 N–H and O–H groups in total. The third kappa shape index (κ3) is 11.4. The Kier molecular flexibility index (Phi) is 14.2. The largest absolute Gasteiger partial charge is 0.444 e. The average molecular weight is 584 g/mol. The van der Waals surface area contributed by atoms with Crippen LogP contribution in [-0.4, -0.2) is 53.0 Å². The van der Waals surface area contributed by atoms with Crippen LogP contribution in [0.1, 0.15) is 89.5 Å². The number of hydrogen-bond donors (Lipinski definition) is 2. The normalized spacial score (nSPS) is 12.8. The first-order chi connectivity index (χ1) is 19.5. The molecule has 7 nitrogen and oxygen atoms in total. The van der Waals surface area contributed by atoms with Crippen LogP contribution in [0.3, 0.4) is 0 Å². The Bertz CT molecular complexity index is 1110. The lowest BCUT2D eigenvalue weighted by Gasteiger charge is -2.35. The van der Waals surface area contributed by atoms with Crippen LogP contribution in [0, 0.1) is 6.92 Å². The molecular weight excluding hydrogens is 534 g/mol. The van der Waals surface area contributed by atoms with Crippen LogP contribution >= 0.6 is 11.8 Å². The molecule has 0 radical (unpaired) electrons. The van der Waals surface area contributed by atoms with Crippen molar-refractivity contribution in [3.05, 3.63) is 65.2 Å². The summed E-state index contributed by atoms with van der Waals surface area (Å²) in [6, 6.07) is 13.8. The molecular formula is C33H49N3O4S. The summed E-state index contributed by atoms with van der Waals surface area (Å²) in [5.74, 6) is 0.0976. The summed E-state index contributed by atoms with van der Waals surface area (Å²) >= 11 is 1.60. The number of alkyl carbamates (subject to hydrolysis) is 1. The van der Waals surface area contributed by atoms with Crippen molar-refractivity contribution in [2.75, 3.05) is 23.9 Å². The Hall–Kier alpha value is -3.00. The van der Waals surface area contributed by atoms with Gasteiger partial charge in [-0.25, -0.2) is 4.79 Å². The molecule has 2 rings (SSSR count). The molecule has 3 amide bonds. The van der Waals surface area contributed by atoms with Crippen molar-refractivity contribution in [2.24, 2.45) is 0 Å². The topological polar surface area (TPSA) is 87.7 Å². The predicted molar refractivity (Wildman–Crippen MR) is 170 cm³/mol. The van der Waals surface area contributed by atoms with Crippen LogP contribution in [0.25, 0.3) is 0 Å². The Morgan fingerprint density at radius 1 is 0.976 bits per heavy atom. The van der Waals surface area contributed by atoms with E-state index < -0.39 is 23.8 Å². The number of hydrogen-bond acceptors (Lipinski definition) is 5. The monoisotopic (exact) mass is 583 g/mol. The van der Waals surface area contributed by atoms with E-state index >= 15 is 0 Å². The number of thioether (sulfide) groups is 1. The zero-order valence-corrected chi connectivity index (χ0v) is 26.7. The van der Waals surface area contributed by atoms with Gasteiger partial charge in [0, 0.05) is 12.2 Å². The lowest BCUT2D eigenvalue weighted by Crippen LogP contribution is -2.52. The van der Waals surface area contributed by atoms with Crippen molar-refractivity contribution in [1.82, 2.24) is 10.2 Å². The number of nitrogens with zero attached hydrogens (tertiary/aromatic N) is 1. The van der Waals surface area contributed by atoms with Crippen molar-refractivity contribution in [3.8, 4) is 0 Å². The zero-order chi connectivity index (χ0) is 30.4. The fourth-order valence-corrected chi connectivity index (χ4v) is 5.01. The SMILES string of the molecule is CCCCCCN(C(=O)C(CCSC)NC(=O)OC(C)(C)C)C(C(=O)Nc1ccccc1C)c1ccc(CC)cc1. The highest BCUT2D eigenvalue weighted by atomic mass is 32.2. The third-order valence-electron chi connectivity index (χ3n) is 6.80. The molecule has 0 aliphatic heterocycles. The summed E-state index contributed by atoms with van der Waals surface area (Å²) < 4.78 is 5.49. The number of unbranched alkanes of at least 4 members (excludes halogenated alkanes) is 3. The minimum absolute atomic E-state index is 0.284. The Labute approximate surface area is 251 Å². The van der Waals surface area contributed by atoms with Crippen LogP contribution in [0.2, 0.25) is 0 Å². The number of carbonyl (C=O) groups is 3. The lowest BCUT2D eigenvalue weighted by molar-refractivity contribution is -0.141. The number of ether oxygens (including phenoxy) is 1. The van der Waals surface area contributed by atoms with E-state index in [1.165, 1.54) is 0 Å². The highest BCUT2D eigenvalue weighted by Gasteiger charge is 2.36. The first-order valence-electron chi connectivity index (χ1n) is 14.7. The van der Waals surface area contributed by atoms with Gasteiger partial charge in [0.25, 0.3) is 5.91 Å². The molecule has 0 saturated heterocycles. The molecule has 0 fully saturated rings. The molecule has 0 saturated carbocycles. The van der Waals surface area contributed by atoms with E-state index in [4.69, 9.17) is 4.74 Å². The van der Waals surface area contributed by atoms with Crippen molar-refractivity contribution < 1.29 is 19.1 Å². The molecule has 0 aromatic heterocycles. The first kappa shape index (κ1) is 34.2. The maximum absolute atomic E-state index is 14.3. The number of para-hydroxylation sites is 1. The maximum Gasteiger partial charge on any atom is 0.408 e. The summed E-state index contributed by atoms with van der Waals surface area (Å²) in [7, 11) is 0. The number of amides is 3. The van der Waals surface area contributed by atoms with Crippen molar-refractivity contribution in [2.45, 2.75) is 97.8 Å². The molecule has 8 heteroatoms. The number of carbonyl (C=O) groups excluding carboxylic acids is 3. The molecule has 2 aromatic carbocycles. The van der Waals surface area contributed by atoms with E-state index in [0.717, 1.165) is 48.8 Å². The summed E-state index contributed by atoms with van der Waals surface area (Å²) in [5, 5.41) is 5.89. The number of anilines is 1. The van der Waals surface area contributed by atoms with E-state index in [1.807, 2.05) is 61.7 Å². The van der Waals surface area contributed by atoms with Gasteiger partial charge in [-0.1, -0.05) is 75.6 Å². The number of nitrogens with one attached hydrogen (secondary N) is 2. The number of benzene rings is 2. The lowest BCUT2D eigenvalue weighted by atomic mass is 9.99. The summed E-state index contributed by atoms with van der Waals surface area (Å²) in [4.78, 5) is 42.9. The molecule has 0 heterocycles. The van der Waals surface area contributed by atoms with Crippen LogP contribution in [0.5, 0.6) is 0 Å². The smallest absolute Gasteiger partial charge is 0.408 e. The molecule has 2 aromatic rings. The van der Waals surface area contributed by atoms with Crippen LogP contribution < -0.4 is 10.6 Å². The van der Waals surface area contributed by atoms with E-state index in [0.29, 0.717) is 24.4 Å². The van der Waals surface area contributed by atoms with Gasteiger partial charge in [0.15, 0.2) is 0 Å². The van der Waals surface area contributed by atoms with E-state index in [-0.39, 0.29) is 11.8 Å². The second kappa shape index (κ2) is 17.1. The summed E-state index contributed by atoms with van der Waals surface area (Å²) in [6.07, 6.45) is 6.40. The van der Waals surface area contributed by atoms with Gasteiger partial charge in [0.05, 0.1) is 0 Å². The average Bonchev–Trinajstić information content (AvgIpc) is 2.92. The molecule has 0 aliphatic rings. The van der Waals surface area contributed by atoms with Gasteiger partial charge in [0.2, 0.25) is 5.91 Å².